The standard InChI is InChI=1S/C20H21F2N5O2/c21-15-4-3-14(12-16(15)22)13-26-8-6-19-25-24-18(27(19)10-9-26)5-7-23-20(28)17-2-1-11-29-17/h1-4,11-12H,5-10,13H2,(H,23,28). The number of hydrogen-bond donors (Lipinski definition) is 1. The van der Waals surface area contributed by atoms with Crippen LogP contribution in [0.15, 0.2) is 41.0 Å². The Hall–Kier alpha value is -3.07. The van der Waals surface area contributed by atoms with Crippen LogP contribution in [-0.4, -0.2) is 45.2 Å². The topological polar surface area (TPSA) is 76.2 Å². The maximum absolute atomic E-state index is 13.4. The average Bonchev–Trinajstić information content (AvgIpc) is 3.33. The molecule has 0 atom stereocenters. The van der Waals surface area contributed by atoms with Crippen molar-refractivity contribution < 1.29 is 18.0 Å². The second-order valence-electron chi connectivity index (χ2n) is 6.94. The SMILES string of the molecule is O=C(NCCc1nnc2n1CCN(Cc1ccc(F)c(F)c1)CC2)c1ccco1. The highest BCUT2D eigenvalue weighted by Crippen LogP contribution is 2.15. The van der Waals surface area contributed by atoms with Gasteiger partial charge >= 0.3 is 0 Å². The average molecular weight is 401 g/mol. The molecule has 0 saturated heterocycles. The molecule has 0 radical (unpaired) electrons. The summed E-state index contributed by atoms with van der Waals surface area (Å²) in [5, 5.41) is 11.3. The molecule has 0 aliphatic carbocycles. The van der Waals surface area contributed by atoms with Gasteiger partial charge in [0.1, 0.15) is 11.6 Å². The maximum Gasteiger partial charge on any atom is 0.286 e. The van der Waals surface area contributed by atoms with Gasteiger partial charge in [0.05, 0.1) is 6.26 Å². The Morgan fingerprint density at radius 3 is 2.83 bits per heavy atom. The van der Waals surface area contributed by atoms with E-state index in [-0.39, 0.29) is 11.7 Å². The van der Waals surface area contributed by atoms with Gasteiger partial charge in [0, 0.05) is 45.6 Å². The summed E-state index contributed by atoms with van der Waals surface area (Å²) < 4.78 is 33.7. The number of amides is 1. The summed E-state index contributed by atoms with van der Waals surface area (Å²) in [5.74, 6) is 0.0637. The van der Waals surface area contributed by atoms with Crippen molar-refractivity contribution in [2.45, 2.75) is 25.9 Å². The molecular formula is C20H21F2N5O2. The van der Waals surface area contributed by atoms with Crippen LogP contribution in [0.2, 0.25) is 0 Å². The summed E-state index contributed by atoms with van der Waals surface area (Å²) in [6, 6.07) is 7.29. The van der Waals surface area contributed by atoms with Crippen LogP contribution in [0.1, 0.15) is 27.8 Å². The highest BCUT2D eigenvalue weighted by atomic mass is 19.2. The summed E-state index contributed by atoms with van der Waals surface area (Å²) in [4.78, 5) is 14.1. The quantitative estimate of drug-likeness (QED) is 0.685. The molecule has 0 unspecified atom stereocenters. The van der Waals surface area contributed by atoms with Gasteiger partial charge in [-0.2, -0.15) is 0 Å². The number of hydrogen-bond acceptors (Lipinski definition) is 5. The Morgan fingerprint density at radius 2 is 2.03 bits per heavy atom. The normalized spacial score (nSPS) is 14.4. The van der Waals surface area contributed by atoms with Crippen molar-refractivity contribution in [2.75, 3.05) is 19.6 Å². The molecule has 2 aromatic heterocycles. The highest BCUT2D eigenvalue weighted by Gasteiger charge is 2.19. The minimum atomic E-state index is -0.834. The van der Waals surface area contributed by atoms with Crippen molar-refractivity contribution in [1.29, 1.82) is 0 Å². The molecule has 1 aromatic carbocycles. The second kappa shape index (κ2) is 8.52. The van der Waals surface area contributed by atoms with E-state index in [0.717, 1.165) is 42.8 Å². The van der Waals surface area contributed by atoms with E-state index in [1.54, 1.807) is 18.2 Å². The number of furan rings is 1. The van der Waals surface area contributed by atoms with E-state index in [2.05, 4.69) is 25.0 Å². The molecule has 0 spiro atoms. The fraction of sp³-hybridized carbons (Fsp3) is 0.350. The second-order valence-corrected chi connectivity index (χ2v) is 6.94. The Kier molecular flexibility index (Phi) is 5.66. The van der Waals surface area contributed by atoms with Crippen LogP contribution in [0.25, 0.3) is 0 Å². The number of benzene rings is 1. The third-order valence-corrected chi connectivity index (χ3v) is 4.96. The van der Waals surface area contributed by atoms with Gasteiger partial charge in [-0.25, -0.2) is 8.78 Å². The molecule has 3 aromatic rings. The lowest BCUT2D eigenvalue weighted by Crippen LogP contribution is -2.28. The third kappa shape index (κ3) is 4.51. The van der Waals surface area contributed by atoms with Gasteiger partial charge in [-0.15, -0.1) is 10.2 Å². The molecule has 4 rings (SSSR count). The molecule has 0 bridgehead atoms. The Morgan fingerprint density at radius 1 is 1.14 bits per heavy atom. The van der Waals surface area contributed by atoms with Gasteiger partial charge in [-0.05, 0) is 29.8 Å². The van der Waals surface area contributed by atoms with E-state index < -0.39 is 11.6 Å². The predicted molar refractivity (Wildman–Crippen MR) is 100 cm³/mol. The molecule has 1 aliphatic rings. The smallest absolute Gasteiger partial charge is 0.286 e. The van der Waals surface area contributed by atoms with Gasteiger partial charge in [-0.1, -0.05) is 6.07 Å². The van der Waals surface area contributed by atoms with E-state index in [4.69, 9.17) is 4.42 Å². The lowest BCUT2D eigenvalue weighted by Gasteiger charge is -2.19. The number of carbonyl (C=O) groups excluding carboxylic acids is 1. The van der Waals surface area contributed by atoms with Crippen LogP contribution in [-0.2, 0) is 25.9 Å². The van der Waals surface area contributed by atoms with Crippen molar-refractivity contribution >= 4 is 5.91 Å². The van der Waals surface area contributed by atoms with Crippen molar-refractivity contribution in [3.8, 4) is 0 Å². The van der Waals surface area contributed by atoms with E-state index in [1.807, 2.05) is 0 Å². The number of nitrogens with one attached hydrogen (secondary N) is 1. The third-order valence-electron chi connectivity index (χ3n) is 4.96. The molecule has 0 fully saturated rings. The lowest BCUT2D eigenvalue weighted by molar-refractivity contribution is 0.0926. The van der Waals surface area contributed by atoms with E-state index in [0.29, 0.717) is 26.1 Å². The molecule has 0 saturated carbocycles. The monoisotopic (exact) mass is 401 g/mol. The van der Waals surface area contributed by atoms with Crippen LogP contribution in [0.4, 0.5) is 8.78 Å². The number of rotatable bonds is 6. The molecule has 9 heteroatoms. The van der Waals surface area contributed by atoms with Gasteiger partial charge < -0.3 is 14.3 Å². The molecule has 29 heavy (non-hydrogen) atoms. The van der Waals surface area contributed by atoms with Crippen LogP contribution >= 0.6 is 0 Å². The number of halogens is 2. The Bertz CT molecular complexity index is 987. The Balaban J connectivity index is 1.33. The van der Waals surface area contributed by atoms with E-state index in [9.17, 15) is 13.6 Å². The van der Waals surface area contributed by atoms with Crippen LogP contribution < -0.4 is 5.32 Å². The zero-order chi connectivity index (χ0) is 20.2. The van der Waals surface area contributed by atoms with Crippen LogP contribution in [0.3, 0.4) is 0 Å². The van der Waals surface area contributed by atoms with Crippen molar-refractivity contribution in [3.63, 3.8) is 0 Å². The summed E-state index contributed by atoms with van der Waals surface area (Å²) >= 11 is 0. The zero-order valence-electron chi connectivity index (χ0n) is 15.8. The molecule has 1 amide bonds. The lowest BCUT2D eigenvalue weighted by atomic mass is 10.2. The van der Waals surface area contributed by atoms with Crippen molar-refractivity contribution in [1.82, 2.24) is 25.0 Å². The zero-order valence-corrected chi connectivity index (χ0v) is 15.8. The van der Waals surface area contributed by atoms with Crippen molar-refractivity contribution in [3.05, 3.63) is 71.2 Å². The van der Waals surface area contributed by atoms with Crippen LogP contribution in [0.5, 0.6) is 0 Å². The first-order valence-electron chi connectivity index (χ1n) is 9.49. The van der Waals surface area contributed by atoms with Gasteiger partial charge in [0.25, 0.3) is 5.91 Å². The highest BCUT2D eigenvalue weighted by molar-refractivity contribution is 5.91. The predicted octanol–water partition coefficient (Wildman–Crippen LogP) is 2.18. The van der Waals surface area contributed by atoms with Gasteiger partial charge in [0.2, 0.25) is 0 Å². The molecule has 1 aliphatic heterocycles. The van der Waals surface area contributed by atoms with E-state index >= 15 is 0 Å². The number of fused-ring (bicyclic) bond motifs is 1. The fourth-order valence-electron chi connectivity index (χ4n) is 3.45. The summed E-state index contributed by atoms with van der Waals surface area (Å²) in [5.41, 5.74) is 0.738. The fourth-order valence-corrected chi connectivity index (χ4v) is 3.45. The summed E-state index contributed by atoms with van der Waals surface area (Å²) in [7, 11) is 0. The first-order chi connectivity index (χ1) is 14.1. The molecule has 3 heterocycles. The minimum absolute atomic E-state index is 0.261. The Labute approximate surface area is 166 Å². The van der Waals surface area contributed by atoms with E-state index in [1.165, 1.54) is 12.3 Å². The molecule has 1 N–H and O–H groups in total. The summed E-state index contributed by atoms with van der Waals surface area (Å²) in [6.07, 6.45) is 2.73. The van der Waals surface area contributed by atoms with Gasteiger partial charge in [-0.3, -0.25) is 9.69 Å². The molecule has 7 nitrogen and oxygen atoms in total. The largest absolute Gasteiger partial charge is 0.459 e. The number of aromatic nitrogens is 3. The molecular weight excluding hydrogens is 380 g/mol. The first kappa shape index (κ1) is 19.3. The maximum atomic E-state index is 13.4. The number of carbonyl (C=O) groups is 1. The van der Waals surface area contributed by atoms with Crippen molar-refractivity contribution in [2.24, 2.45) is 0 Å². The number of nitrogens with zero attached hydrogens (tertiary/aromatic N) is 4. The molecule has 152 valence electrons. The van der Waals surface area contributed by atoms with Crippen LogP contribution in [0, 0.1) is 11.6 Å². The first-order valence-corrected chi connectivity index (χ1v) is 9.49. The summed E-state index contributed by atoms with van der Waals surface area (Å²) in [6.45, 7) is 3.18. The van der Waals surface area contributed by atoms with Gasteiger partial charge in [0.15, 0.2) is 17.4 Å². The minimum Gasteiger partial charge on any atom is -0.459 e.